The molecule has 0 atom stereocenters. The van der Waals surface area contributed by atoms with Gasteiger partial charge in [0.2, 0.25) is 0 Å². The van der Waals surface area contributed by atoms with Crippen LogP contribution in [0.1, 0.15) is 17.3 Å². The third kappa shape index (κ3) is 4.03. The molecule has 0 bridgehead atoms. The minimum atomic E-state index is -0.879. The Morgan fingerprint density at radius 2 is 1.91 bits per heavy atom. The number of benzene rings is 1. The van der Waals surface area contributed by atoms with Gasteiger partial charge in [-0.25, -0.2) is 9.18 Å². The van der Waals surface area contributed by atoms with E-state index in [1.54, 1.807) is 6.92 Å². The Bertz CT molecular complexity index is 755. The first-order chi connectivity index (χ1) is 11.0. The summed E-state index contributed by atoms with van der Waals surface area (Å²) < 4.78 is 17.8. The van der Waals surface area contributed by atoms with Gasteiger partial charge in [-0.05, 0) is 43.3 Å². The first-order valence-electron chi connectivity index (χ1n) is 6.93. The van der Waals surface area contributed by atoms with Crippen molar-refractivity contribution in [2.75, 3.05) is 18.1 Å². The molecule has 6 nitrogen and oxygen atoms in total. The van der Waals surface area contributed by atoms with E-state index in [0.29, 0.717) is 12.2 Å². The van der Waals surface area contributed by atoms with Gasteiger partial charge in [-0.1, -0.05) is 0 Å². The lowest BCUT2D eigenvalue weighted by Gasteiger charge is -2.20. The molecule has 0 unspecified atom stereocenters. The van der Waals surface area contributed by atoms with Crippen molar-refractivity contribution in [2.24, 2.45) is 0 Å². The molecule has 1 N–H and O–H groups in total. The van der Waals surface area contributed by atoms with E-state index in [9.17, 15) is 18.8 Å². The molecule has 7 heteroatoms. The summed E-state index contributed by atoms with van der Waals surface area (Å²) in [5, 5.41) is 0. The Labute approximate surface area is 131 Å². The highest BCUT2D eigenvalue weighted by molar-refractivity contribution is 5.96. The highest BCUT2D eigenvalue weighted by Gasteiger charge is 2.18. The monoisotopic (exact) mass is 318 g/mol. The molecule has 0 fully saturated rings. The molecule has 0 saturated carbocycles. The number of ether oxygens (including phenoxy) is 1. The number of pyridine rings is 1. The van der Waals surface area contributed by atoms with E-state index in [1.807, 2.05) is 0 Å². The lowest BCUT2D eigenvalue weighted by Crippen LogP contribution is -2.35. The predicted octanol–water partition coefficient (Wildman–Crippen LogP) is 1.72. The third-order valence-electron chi connectivity index (χ3n) is 3.12. The summed E-state index contributed by atoms with van der Waals surface area (Å²) in [6.45, 7) is 1.55. The Balaban J connectivity index is 2.03. The fourth-order valence-corrected chi connectivity index (χ4v) is 1.99. The Hall–Kier alpha value is -2.96. The summed E-state index contributed by atoms with van der Waals surface area (Å²) in [7, 11) is 0. The van der Waals surface area contributed by atoms with Gasteiger partial charge in [0.25, 0.3) is 11.5 Å². The normalized spacial score (nSPS) is 10.2. The molecule has 1 heterocycles. The number of rotatable bonds is 5. The molecule has 2 aromatic rings. The standard InChI is InChI=1S/C16H15FN2O4/c1-2-19(12-7-5-11(17)6-8-12)14(20)10-23-16(22)13-4-3-9-18-15(13)21/h3-9H,2,10H2,1H3,(H,18,21). The maximum absolute atomic E-state index is 12.9. The molecule has 2 rings (SSSR count). The van der Waals surface area contributed by atoms with Crippen molar-refractivity contribution in [3.63, 3.8) is 0 Å². The van der Waals surface area contributed by atoms with Crippen molar-refractivity contribution in [3.8, 4) is 0 Å². The van der Waals surface area contributed by atoms with Gasteiger partial charge in [0.15, 0.2) is 6.61 Å². The number of H-pyrrole nitrogens is 1. The van der Waals surface area contributed by atoms with Crippen LogP contribution in [-0.2, 0) is 9.53 Å². The number of nitrogens with one attached hydrogen (secondary N) is 1. The second-order valence-corrected chi connectivity index (χ2v) is 4.60. The SMILES string of the molecule is CCN(C(=O)COC(=O)c1ccc[nH]c1=O)c1ccc(F)cc1. The first kappa shape index (κ1) is 16.4. The second kappa shape index (κ2) is 7.35. The fraction of sp³-hybridized carbons (Fsp3) is 0.188. The predicted molar refractivity (Wildman–Crippen MR) is 81.8 cm³/mol. The summed E-state index contributed by atoms with van der Waals surface area (Å²) in [6.07, 6.45) is 1.39. The average Bonchev–Trinajstić information content (AvgIpc) is 2.55. The van der Waals surface area contributed by atoms with Crippen LogP contribution < -0.4 is 10.5 Å². The van der Waals surface area contributed by atoms with E-state index in [1.165, 1.54) is 47.5 Å². The molecule has 0 radical (unpaired) electrons. The number of halogens is 1. The summed E-state index contributed by atoms with van der Waals surface area (Å²) in [5.41, 5.74) is -0.270. The Morgan fingerprint density at radius 3 is 2.52 bits per heavy atom. The van der Waals surface area contributed by atoms with Crippen LogP contribution >= 0.6 is 0 Å². The number of esters is 1. The van der Waals surface area contributed by atoms with Crippen LogP contribution in [0.2, 0.25) is 0 Å². The fourth-order valence-electron chi connectivity index (χ4n) is 1.99. The summed E-state index contributed by atoms with van der Waals surface area (Å²) >= 11 is 0. The number of carbonyl (C=O) groups is 2. The zero-order valence-electron chi connectivity index (χ0n) is 12.4. The number of hydrogen-bond donors (Lipinski definition) is 1. The summed E-state index contributed by atoms with van der Waals surface area (Å²) in [4.78, 5) is 39.1. The number of carbonyl (C=O) groups excluding carboxylic acids is 2. The molecule has 1 aromatic carbocycles. The minimum absolute atomic E-state index is 0.176. The number of anilines is 1. The van der Waals surface area contributed by atoms with Crippen LogP contribution in [0.5, 0.6) is 0 Å². The van der Waals surface area contributed by atoms with E-state index in [2.05, 4.69) is 4.98 Å². The van der Waals surface area contributed by atoms with E-state index in [4.69, 9.17) is 4.74 Å². The molecule has 120 valence electrons. The molecule has 1 amide bonds. The number of aromatic amines is 1. The quantitative estimate of drug-likeness (QED) is 0.851. The van der Waals surface area contributed by atoms with Crippen LogP contribution in [-0.4, -0.2) is 30.0 Å². The average molecular weight is 318 g/mol. The van der Waals surface area contributed by atoms with Crippen LogP contribution in [0.25, 0.3) is 0 Å². The van der Waals surface area contributed by atoms with Crippen LogP contribution in [0.4, 0.5) is 10.1 Å². The smallest absolute Gasteiger partial charge is 0.344 e. The Morgan fingerprint density at radius 1 is 1.22 bits per heavy atom. The van der Waals surface area contributed by atoms with E-state index in [-0.39, 0.29) is 5.56 Å². The largest absolute Gasteiger partial charge is 0.452 e. The topological polar surface area (TPSA) is 79.5 Å². The van der Waals surface area contributed by atoms with Crippen LogP contribution in [0.15, 0.2) is 47.4 Å². The highest BCUT2D eigenvalue weighted by Crippen LogP contribution is 2.15. The minimum Gasteiger partial charge on any atom is -0.452 e. The zero-order valence-corrected chi connectivity index (χ0v) is 12.4. The lowest BCUT2D eigenvalue weighted by molar-refractivity contribution is -0.121. The maximum atomic E-state index is 12.9. The van der Waals surface area contributed by atoms with Crippen LogP contribution in [0, 0.1) is 5.82 Å². The van der Waals surface area contributed by atoms with Gasteiger partial charge in [0.1, 0.15) is 11.4 Å². The number of amides is 1. The molecule has 0 aliphatic carbocycles. The van der Waals surface area contributed by atoms with Gasteiger partial charge < -0.3 is 14.6 Å². The van der Waals surface area contributed by atoms with Crippen molar-refractivity contribution in [3.05, 3.63) is 64.3 Å². The number of hydrogen-bond acceptors (Lipinski definition) is 4. The van der Waals surface area contributed by atoms with Gasteiger partial charge in [0.05, 0.1) is 0 Å². The molecule has 0 saturated heterocycles. The second-order valence-electron chi connectivity index (χ2n) is 4.60. The van der Waals surface area contributed by atoms with Gasteiger partial charge in [-0.3, -0.25) is 9.59 Å². The van der Waals surface area contributed by atoms with Crippen molar-refractivity contribution < 1.29 is 18.7 Å². The number of aromatic nitrogens is 1. The van der Waals surface area contributed by atoms with Gasteiger partial charge in [-0.2, -0.15) is 0 Å². The molecule has 1 aromatic heterocycles. The van der Waals surface area contributed by atoms with Crippen molar-refractivity contribution in [1.82, 2.24) is 4.98 Å². The van der Waals surface area contributed by atoms with Crippen molar-refractivity contribution in [1.29, 1.82) is 0 Å². The van der Waals surface area contributed by atoms with E-state index >= 15 is 0 Å². The maximum Gasteiger partial charge on any atom is 0.344 e. The summed E-state index contributed by atoms with van der Waals surface area (Å²) in [5.74, 6) is -1.76. The molecule has 0 spiro atoms. The lowest BCUT2D eigenvalue weighted by atomic mass is 10.2. The molecule has 0 aliphatic heterocycles. The first-order valence-corrected chi connectivity index (χ1v) is 6.93. The van der Waals surface area contributed by atoms with E-state index < -0.39 is 29.9 Å². The van der Waals surface area contributed by atoms with Crippen molar-refractivity contribution >= 4 is 17.6 Å². The van der Waals surface area contributed by atoms with Gasteiger partial charge in [-0.15, -0.1) is 0 Å². The van der Waals surface area contributed by atoms with Crippen molar-refractivity contribution in [2.45, 2.75) is 6.92 Å². The number of likely N-dealkylation sites (N-methyl/N-ethyl adjacent to an activating group) is 1. The molecule has 23 heavy (non-hydrogen) atoms. The van der Waals surface area contributed by atoms with E-state index in [0.717, 1.165) is 0 Å². The highest BCUT2D eigenvalue weighted by atomic mass is 19.1. The molecular formula is C16H15FN2O4. The summed E-state index contributed by atoms with van der Waals surface area (Å²) in [6, 6.07) is 8.18. The molecular weight excluding hydrogens is 303 g/mol. The van der Waals surface area contributed by atoms with Gasteiger partial charge in [0, 0.05) is 18.4 Å². The number of nitrogens with zero attached hydrogens (tertiary/aromatic N) is 1. The van der Waals surface area contributed by atoms with Crippen LogP contribution in [0.3, 0.4) is 0 Å². The zero-order chi connectivity index (χ0) is 16.8. The molecule has 0 aliphatic rings. The van der Waals surface area contributed by atoms with Gasteiger partial charge >= 0.3 is 5.97 Å². The third-order valence-corrected chi connectivity index (χ3v) is 3.12. The Kier molecular flexibility index (Phi) is 5.24.